The first-order valence-corrected chi connectivity index (χ1v) is 10.7. The molecule has 0 unspecified atom stereocenters. The van der Waals surface area contributed by atoms with E-state index in [2.05, 4.69) is 0 Å². The van der Waals surface area contributed by atoms with Crippen molar-refractivity contribution in [3.8, 4) is 5.75 Å². The molecular formula is C25H29NO7. The van der Waals surface area contributed by atoms with E-state index in [4.69, 9.17) is 24.1 Å². The van der Waals surface area contributed by atoms with Crippen molar-refractivity contribution in [2.24, 2.45) is 0 Å². The van der Waals surface area contributed by atoms with E-state index in [1.807, 2.05) is 19.1 Å². The van der Waals surface area contributed by atoms with Gasteiger partial charge in [0.25, 0.3) is 5.91 Å². The topological polar surface area (TPSA) is 96.2 Å². The highest BCUT2D eigenvalue weighted by Crippen LogP contribution is 2.25. The lowest BCUT2D eigenvalue weighted by Gasteiger charge is -2.10. The molecule has 8 heteroatoms. The Hall–Kier alpha value is -3.20. The number of carbonyl (C=O) groups excluding carboxylic acids is 1. The molecule has 0 spiro atoms. The highest BCUT2D eigenvalue weighted by atomic mass is 16.6. The number of ether oxygens (including phenoxy) is 4. The zero-order valence-electron chi connectivity index (χ0n) is 18.9. The van der Waals surface area contributed by atoms with Gasteiger partial charge in [-0.3, -0.25) is 14.2 Å². The van der Waals surface area contributed by atoms with Gasteiger partial charge in [-0.25, -0.2) is 0 Å². The number of carboxylic acids is 1. The summed E-state index contributed by atoms with van der Waals surface area (Å²) < 4.78 is 22.9. The standard InChI is InChI=1S/C25H29NO7/c1-18-16-22-20(17-24(27)28)4-3-5-23(22)26(18)25(29)19-6-8-21(9-7-19)33-15-14-32-13-12-31-11-10-30-2/h3-9,16H,10-15,17H2,1-2H3,(H,27,28). The predicted octanol–water partition coefficient (Wildman–Crippen LogP) is 3.32. The second-order valence-electron chi connectivity index (χ2n) is 7.44. The van der Waals surface area contributed by atoms with Crippen LogP contribution >= 0.6 is 0 Å². The monoisotopic (exact) mass is 455 g/mol. The lowest BCUT2D eigenvalue weighted by Crippen LogP contribution is -2.14. The van der Waals surface area contributed by atoms with Gasteiger partial charge in [-0.05, 0) is 48.9 Å². The van der Waals surface area contributed by atoms with E-state index >= 15 is 0 Å². The van der Waals surface area contributed by atoms with Gasteiger partial charge in [0.2, 0.25) is 0 Å². The average molecular weight is 456 g/mol. The zero-order valence-corrected chi connectivity index (χ0v) is 18.9. The lowest BCUT2D eigenvalue weighted by molar-refractivity contribution is -0.136. The first kappa shape index (κ1) is 24.4. The molecule has 0 saturated carbocycles. The maximum absolute atomic E-state index is 13.2. The Labute approximate surface area is 192 Å². The highest BCUT2D eigenvalue weighted by molar-refractivity contribution is 6.04. The van der Waals surface area contributed by atoms with E-state index in [1.54, 1.807) is 48.1 Å². The molecule has 0 saturated heterocycles. The molecule has 1 aromatic heterocycles. The van der Waals surface area contributed by atoms with Crippen LogP contribution < -0.4 is 4.74 Å². The van der Waals surface area contributed by atoms with Crippen LogP contribution in [0.5, 0.6) is 5.75 Å². The Balaban J connectivity index is 1.57. The van der Waals surface area contributed by atoms with Crippen LogP contribution in [0.15, 0.2) is 48.5 Å². The van der Waals surface area contributed by atoms with E-state index < -0.39 is 5.97 Å². The number of carbonyl (C=O) groups is 2. The third-order valence-corrected chi connectivity index (χ3v) is 5.07. The number of carboxylic acid groups (broad SMARTS) is 1. The molecule has 0 amide bonds. The minimum absolute atomic E-state index is 0.0917. The molecule has 176 valence electrons. The van der Waals surface area contributed by atoms with E-state index in [1.165, 1.54) is 0 Å². The summed E-state index contributed by atoms with van der Waals surface area (Å²) in [5.74, 6) is -0.446. The van der Waals surface area contributed by atoms with Crippen molar-refractivity contribution < 1.29 is 33.6 Å². The number of hydrogen-bond acceptors (Lipinski definition) is 6. The largest absolute Gasteiger partial charge is 0.491 e. The maximum Gasteiger partial charge on any atom is 0.307 e. The maximum atomic E-state index is 13.2. The number of nitrogens with zero attached hydrogens (tertiary/aromatic N) is 1. The van der Waals surface area contributed by atoms with E-state index in [-0.39, 0.29) is 12.3 Å². The van der Waals surface area contributed by atoms with E-state index in [9.17, 15) is 9.59 Å². The molecule has 1 heterocycles. The summed E-state index contributed by atoms with van der Waals surface area (Å²) in [5.41, 5.74) is 2.63. The molecule has 8 nitrogen and oxygen atoms in total. The molecule has 0 atom stereocenters. The number of hydrogen-bond donors (Lipinski definition) is 1. The van der Waals surface area contributed by atoms with Crippen LogP contribution in [-0.4, -0.2) is 68.3 Å². The predicted molar refractivity (Wildman–Crippen MR) is 123 cm³/mol. The number of fused-ring (bicyclic) bond motifs is 1. The summed E-state index contributed by atoms with van der Waals surface area (Å²) in [6.07, 6.45) is -0.0917. The number of aromatic nitrogens is 1. The van der Waals surface area contributed by atoms with Gasteiger partial charge in [-0.1, -0.05) is 12.1 Å². The normalized spacial score (nSPS) is 11.1. The number of aryl methyl sites for hydroxylation is 1. The first-order chi connectivity index (χ1) is 16.0. The van der Waals surface area contributed by atoms with Crippen molar-refractivity contribution in [1.29, 1.82) is 0 Å². The van der Waals surface area contributed by atoms with Crippen molar-refractivity contribution in [1.82, 2.24) is 4.57 Å². The molecule has 3 rings (SSSR count). The van der Waals surface area contributed by atoms with Gasteiger partial charge in [0.1, 0.15) is 12.4 Å². The van der Waals surface area contributed by atoms with Crippen molar-refractivity contribution >= 4 is 22.8 Å². The molecule has 1 N–H and O–H groups in total. The molecule has 0 fully saturated rings. The summed E-state index contributed by atoms with van der Waals surface area (Å²) >= 11 is 0. The van der Waals surface area contributed by atoms with Gasteiger partial charge in [-0.2, -0.15) is 0 Å². The molecule has 0 aliphatic heterocycles. The second kappa shape index (κ2) is 12.2. The van der Waals surface area contributed by atoms with Crippen LogP contribution in [0, 0.1) is 6.92 Å². The third kappa shape index (κ3) is 6.64. The summed E-state index contributed by atoms with van der Waals surface area (Å²) in [4.78, 5) is 24.3. The Kier molecular flexibility index (Phi) is 9.00. The van der Waals surface area contributed by atoms with Crippen molar-refractivity contribution in [3.05, 3.63) is 65.4 Å². The number of benzene rings is 2. The van der Waals surface area contributed by atoms with Crippen LogP contribution in [0.3, 0.4) is 0 Å². The van der Waals surface area contributed by atoms with Crippen LogP contribution in [0.2, 0.25) is 0 Å². The summed E-state index contributed by atoms with van der Waals surface area (Å²) in [7, 11) is 1.63. The SMILES string of the molecule is COCCOCCOCCOc1ccc(C(=O)n2c(C)cc3c(CC(=O)O)cccc32)cc1. The fourth-order valence-electron chi connectivity index (χ4n) is 3.52. The summed E-state index contributed by atoms with van der Waals surface area (Å²) in [6.45, 7) is 4.75. The molecule has 0 bridgehead atoms. The van der Waals surface area contributed by atoms with Crippen molar-refractivity contribution in [3.63, 3.8) is 0 Å². The number of aliphatic carboxylic acids is 1. The fraction of sp³-hybridized carbons (Fsp3) is 0.360. The van der Waals surface area contributed by atoms with Gasteiger partial charge in [-0.15, -0.1) is 0 Å². The molecule has 2 aromatic carbocycles. The van der Waals surface area contributed by atoms with Crippen LogP contribution in [-0.2, 0) is 25.4 Å². The molecule has 0 aliphatic carbocycles. The number of rotatable bonds is 13. The Morgan fingerprint density at radius 3 is 2.24 bits per heavy atom. The molecule has 3 aromatic rings. The molecular weight excluding hydrogens is 426 g/mol. The van der Waals surface area contributed by atoms with Gasteiger partial charge in [0.05, 0.1) is 45.0 Å². The van der Waals surface area contributed by atoms with Crippen molar-refractivity contribution in [2.45, 2.75) is 13.3 Å². The van der Waals surface area contributed by atoms with Crippen LogP contribution in [0.25, 0.3) is 10.9 Å². The molecule has 0 aliphatic rings. The van der Waals surface area contributed by atoms with Gasteiger partial charge >= 0.3 is 5.97 Å². The average Bonchev–Trinajstić information content (AvgIpc) is 3.14. The Bertz CT molecular complexity index is 1070. The fourth-order valence-corrected chi connectivity index (χ4v) is 3.52. The van der Waals surface area contributed by atoms with Crippen LogP contribution in [0.4, 0.5) is 0 Å². The third-order valence-electron chi connectivity index (χ3n) is 5.07. The lowest BCUT2D eigenvalue weighted by atomic mass is 10.1. The van der Waals surface area contributed by atoms with Gasteiger partial charge in [0.15, 0.2) is 0 Å². The minimum atomic E-state index is -0.907. The second-order valence-corrected chi connectivity index (χ2v) is 7.44. The zero-order chi connectivity index (χ0) is 23.6. The van der Waals surface area contributed by atoms with Crippen LogP contribution in [0.1, 0.15) is 21.6 Å². The quantitative estimate of drug-likeness (QED) is 0.395. The molecule has 33 heavy (non-hydrogen) atoms. The Morgan fingerprint density at radius 1 is 0.909 bits per heavy atom. The minimum Gasteiger partial charge on any atom is -0.491 e. The summed E-state index contributed by atoms with van der Waals surface area (Å²) in [5, 5.41) is 9.93. The smallest absolute Gasteiger partial charge is 0.307 e. The molecule has 0 radical (unpaired) electrons. The highest BCUT2D eigenvalue weighted by Gasteiger charge is 2.17. The van der Waals surface area contributed by atoms with Gasteiger partial charge < -0.3 is 24.1 Å². The van der Waals surface area contributed by atoms with Gasteiger partial charge in [0, 0.05) is 23.8 Å². The van der Waals surface area contributed by atoms with E-state index in [0.717, 1.165) is 11.1 Å². The van der Waals surface area contributed by atoms with E-state index in [0.29, 0.717) is 62.0 Å². The summed E-state index contributed by atoms with van der Waals surface area (Å²) in [6, 6.07) is 14.2. The van der Waals surface area contributed by atoms with Crippen molar-refractivity contribution in [2.75, 3.05) is 46.8 Å². The Morgan fingerprint density at radius 2 is 1.58 bits per heavy atom. The number of methoxy groups -OCH3 is 1. The first-order valence-electron chi connectivity index (χ1n) is 10.7.